The van der Waals surface area contributed by atoms with Crippen LogP contribution in [0, 0.1) is 4.77 Å². The van der Waals surface area contributed by atoms with Gasteiger partial charge in [-0.05, 0) is 12.2 Å². The van der Waals surface area contributed by atoms with Gasteiger partial charge >= 0.3 is 17.9 Å². The fourth-order valence-electron chi connectivity index (χ4n) is 2.54. The SMILES string of the molecule is CC(=O)OC[C@H]1O[C@@H](n2ccc(=O)[nH]c2=S)[C@@H](OC(C)=O)[C@H]1OC(C)=O. The van der Waals surface area contributed by atoms with Crippen molar-refractivity contribution < 1.29 is 33.3 Å². The van der Waals surface area contributed by atoms with Gasteiger partial charge in [0.2, 0.25) is 0 Å². The van der Waals surface area contributed by atoms with E-state index >= 15 is 0 Å². The quantitative estimate of drug-likeness (QED) is 0.430. The summed E-state index contributed by atoms with van der Waals surface area (Å²) in [6.07, 6.45) is -2.62. The summed E-state index contributed by atoms with van der Waals surface area (Å²) in [5.74, 6) is -1.82. The number of aromatic amines is 1. The van der Waals surface area contributed by atoms with Gasteiger partial charge in [0.15, 0.2) is 23.2 Å². The minimum absolute atomic E-state index is 0.0226. The molecule has 4 atom stereocenters. The minimum Gasteiger partial charge on any atom is -0.463 e. The molecule has 1 aromatic heterocycles. The van der Waals surface area contributed by atoms with Crippen LogP contribution in [-0.2, 0) is 33.3 Å². The highest BCUT2D eigenvalue weighted by Gasteiger charge is 2.50. The third kappa shape index (κ3) is 4.76. The molecule has 0 aliphatic carbocycles. The molecule has 1 N–H and O–H groups in total. The van der Waals surface area contributed by atoms with Gasteiger partial charge in [-0.25, -0.2) is 0 Å². The van der Waals surface area contributed by atoms with Crippen LogP contribution in [0.25, 0.3) is 0 Å². The van der Waals surface area contributed by atoms with Gasteiger partial charge in [0.25, 0.3) is 5.56 Å². The van der Waals surface area contributed by atoms with Gasteiger partial charge in [0.1, 0.15) is 12.7 Å². The average molecular weight is 386 g/mol. The second-order valence-corrected chi connectivity index (χ2v) is 5.92. The number of carbonyl (C=O) groups excluding carboxylic acids is 3. The third-order valence-electron chi connectivity index (χ3n) is 3.47. The number of hydrogen-bond acceptors (Lipinski definition) is 9. The summed E-state index contributed by atoms with van der Waals surface area (Å²) < 4.78 is 22.6. The molecule has 1 aliphatic rings. The fourth-order valence-corrected chi connectivity index (χ4v) is 2.81. The van der Waals surface area contributed by atoms with Crippen LogP contribution >= 0.6 is 12.2 Å². The van der Waals surface area contributed by atoms with Gasteiger partial charge in [0.05, 0.1) is 0 Å². The van der Waals surface area contributed by atoms with Crippen molar-refractivity contribution in [2.24, 2.45) is 0 Å². The molecule has 0 spiro atoms. The molecule has 0 unspecified atom stereocenters. The van der Waals surface area contributed by atoms with Crippen LogP contribution in [0.2, 0.25) is 0 Å². The molecule has 0 amide bonds. The maximum Gasteiger partial charge on any atom is 0.303 e. The molecule has 2 heterocycles. The van der Waals surface area contributed by atoms with Gasteiger partial charge in [0, 0.05) is 33.0 Å². The van der Waals surface area contributed by atoms with Crippen LogP contribution in [0.4, 0.5) is 0 Å². The Morgan fingerprint density at radius 3 is 2.31 bits per heavy atom. The van der Waals surface area contributed by atoms with E-state index in [0.717, 1.165) is 0 Å². The van der Waals surface area contributed by atoms with E-state index in [1.165, 1.54) is 37.6 Å². The number of esters is 3. The van der Waals surface area contributed by atoms with Crippen LogP contribution < -0.4 is 5.56 Å². The van der Waals surface area contributed by atoms with Crippen molar-refractivity contribution in [3.63, 3.8) is 0 Å². The lowest BCUT2D eigenvalue weighted by Gasteiger charge is -2.24. The average Bonchev–Trinajstić information content (AvgIpc) is 2.82. The zero-order valence-electron chi connectivity index (χ0n) is 14.3. The van der Waals surface area contributed by atoms with Gasteiger partial charge in [-0.1, -0.05) is 0 Å². The standard InChI is InChI=1S/C15H18N2O8S/c1-7(18)22-6-10-12(23-8(2)19)13(24-9(3)20)14(25-10)17-5-4-11(21)16-15(17)26/h4-5,10,12-14H,6H2,1-3H3,(H,16,21,26)/t10-,12+,13+,14-/m1/s1. The molecule has 1 saturated heterocycles. The number of H-pyrrole nitrogens is 1. The highest BCUT2D eigenvalue weighted by molar-refractivity contribution is 7.71. The lowest BCUT2D eigenvalue weighted by Crippen LogP contribution is -2.40. The van der Waals surface area contributed by atoms with Crippen LogP contribution in [0.5, 0.6) is 0 Å². The summed E-state index contributed by atoms with van der Waals surface area (Å²) >= 11 is 5.11. The Hall–Kier alpha value is -2.53. The maximum atomic E-state index is 11.5. The van der Waals surface area contributed by atoms with Crippen molar-refractivity contribution in [2.75, 3.05) is 6.61 Å². The lowest BCUT2D eigenvalue weighted by atomic mass is 10.1. The normalized spacial score (nSPS) is 24.7. The van der Waals surface area contributed by atoms with Crippen molar-refractivity contribution in [1.29, 1.82) is 0 Å². The largest absolute Gasteiger partial charge is 0.463 e. The molecular weight excluding hydrogens is 368 g/mol. The molecule has 1 fully saturated rings. The number of nitrogens with one attached hydrogen (secondary N) is 1. The third-order valence-corrected chi connectivity index (χ3v) is 3.78. The summed E-state index contributed by atoms with van der Waals surface area (Å²) in [5.41, 5.74) is -0.415. The van der Waals surface area contributed by atoms with E-state index in [2.05, 4.69) is 4.98 Å². The highest BCUT2D eigenvalue weighted by atomic mass is 32.1. The topological polar surface area (TPSA) is 126 Å². The molecule has 26 heavy (non-hydrogen) atoms. The monoisotopic (exact) mass is 386 g/mol. The summed E-state index contributed by atoms with van der Waals surface area (Å²) in [5, 5.41) is 0. The number of carbonyl (C=O) groups is 3. The van der Waals surface area contributed by atoms with Crippen LogP contribution in [0.15, 0.2) is 17.1 Å². The molecule has 0 radical (unpaired) electrons. The number of aromatic nitrogens is 2. The molecule has 0 aromatic carbocycles. The second-order valence-electron chi connectivity index (χ2n) is 5.53. The second kappa shape index (κ2) is 8.23. The minimum atomic E-state index is -1.06. The Morgan fingerprint density at radius 2 is 1.77 bits per heavy atom. The molecule has 10 nitrogen and oxygen atoms in total. The summed E-state index contributed by atoms with van der Waals surface area (Å²) in [7, 11) is 0. The van der Waals surface area contributed by atoms with Crippen LogP contribution in [0.3, 0.4) is 0 Å². The Morgan fingerprint density at radius 1 is 1.15 bits per heavy atom. The summed E-state index contributed by atoms with van der Waals surface area (Å²) in [4.78, 5) is 47.9. The fraction of sp³-hybridized carbons (Fsp3) is 0.533. The molecule has 2 rings (SSSR count). The Kier molecular flexibility index (Phi) is 6.27. The Balaban J connectivity index is 2.41. The lowest BCUT2D eigenvalue weighted by molar-refractivity contribution is -0.166. The maximum absolute atomic E-state index is 11.5. The Labute approximate surface area is 153 Å². The Bertz CT molecular complexity index is 816. The highest BCUT2D eigenvalue weighted by Crippen LogP contribution is 2.34. The first kappa shape index (κ1) is 19.8. The van der Waals surface area contributed by atoms with Gasteiger partial charge < -0.3 is 18.9 Å². The van der Waals surface area contributed by atoms with E-state index in [4.69, 9.17) is 31.2 Å². The molecule has 1 aromatic rings. The zero-order valence-corrected chi connectivity index (χ0v) is 15.1. The first-order valence-electron chi connectivity index (χ1n) is 7.63. The van der Waals surface area contributed by atoms with E-state index in [9.17, 15) is 19.2 Å². The van der Waals surface area contributed by atoms with E-state index in [0.29, 0.717) is 0 Å². The molecule has 1 aliphatic heterocycles. The number of rotatable bonds is 5. The van der Waals surface area contributed by atoms with E-state index in [1.54, 1.807) is 0 Å². The molecule has 142 valence electrons. The van der Waals surface area contributed by atoms with E-state index < -0.39 is 48.0 Å². The number of hydrogen-bond donors (Lipinski definition) is 1. The summed E-state index contributed by atoms with van der Waals surface area (Å²) in [6, 6.07) is 1.21. The smallest absolute Gasteiger partial charge is 0.303 e. The van der Waals surface area contributed by atoms with Gasteiger partial charge in [-0.2, -0.15) is 0 Å². The van der Waals surface area contributed by atoms with E-state index in [1.807, 2.05) is 0 Å². The summed E-state index contributed by atoms with van der Waals surface area (Å²) in [6.45, 7) is 3.37. The molecule has 0 bridgehead atoms. The predicted octanol–water partition coefficient (Wildman–Crippen LogP) is 0.230. The van der Waals surface area contributed by atoms with Gasteiger partial charge in [-0.15, -0.1) is 0 Å². The molecule has 0 saturated carbocycles. The van der Waals surface area contributed by atoms with Crippen molar-refractivity contribution in [3.05, 3.63) is 27.4 Å². The zero-order chi connectivity index (χ0) is 19.4. The van der Waals surface area contributed by atoms with Crippen molar-refractivity contribution in [1.82, 2.24) is 9.55 Å². The van der Waals surface area contributed by atoms with Gasteiger partial charge in [-0.3, -0.25) is 28.7 Å². The van der Waals surface area contributed by atoms with Crippen LogP contribution in [0.1, 0.15) is 27.0 Å². The first-order chi connectivity index (χ1) is 12.2. The number of nitrogens with zero attached hydrogens (tertiary/aromatic N) is 1. The van der Waals surface area contributed by atoms with Crippen molar-refractivity contribution in [2.45, 2.75) is 45.3 Å². The number of ether oxygens (including phenoxy) is 4. The van der Waals surface area contributed by atoms with Crippen molar-refractivity contribution in [3.8, 4) is 0 Å². The van der Waals surface area contributed by atoms with Crippen LogP contribution in [-0.4, -0.2) is 52.4 Å². The molecule has 11 heteroatoms. The van der Waals surface area contributed by atoms with Crippen molar-refractivity contribution >= 4 is 30.1 Å². The molecular formula is C15H18N2O8S. The van der Waals surface area contributed by atoms with E-state index in [-0.39, 0.29) is 11.4 Å². The predicted molar refractivity (Wildman–Crippen MR) is 87.5 cm³/mol. The first-order valence-corrected chi connectivity index (χ1v) is 8.04.